The second-order valence-electron chi connectivity index (χ2n) is 3.76. The van der Waals surface area contributed by atoms with Crippen molar-refractivity contribution < 1.29 is 9.18 Å². The largest absolute Gasteiger partial charge is 0.373 e. The number of halogens is 2. The SMILES string of the molecule is CNc1cc(C(=O)Nc2ccc(F)cc2Br)ccn1. The van der Waals surface area contributed by atoms with Gasteiger partial charge in [0.15, 0.2) is 0 Å². The maximum atomic E-state index is 12.9. The summed E-state index contributed by atoms with van der Waals surface area (Å²) in [7, 11) is 1.72. The molecule has 0 saturated heterocycles. The van der Waals surface area contributed by atoms with Crippen LogP contribution in [0.15, 0.2) is 41.0 Å². The van der Waals surface area contributed by atoms with Gasteiger partial charge in [0.1, 0.15) is 11.6 Å². The molecule has 0 unspecified atom stereocenters. The van der Waals surface area contributed by atoms with Crippen LogP contribution in [0.25, 0.3) is 0 Å². The third kappa shape index (κ3) is 3.29. The number of aromatic nitrogens is 1. The monoisotopic (exact) mass is 323 g/mol. The van der Waals surface area contributed by atoms with E-state index in [4.69, 9.17) is 0 Å². The number of amides is 1. The van der Waals surface area contributed by atoms with Crippen molar-refractivity contribution in [3.8, 4) is 0 Å². The Bertz CT molecular complexity index is 619. The Kier molecular flexibility index (Phi) is 4.11. The van der Waals surface area contributed by atoms with Crippen molar-refractivity contribution in [3.05, 3.63) is 52.4 Å². The van der Waals surface area contributed by atoms with Gasteiger partial charge in [-0.25, -0.2) is 9.37 Å². The molecule has 2 aromatic rings. The highest BCUT2D eigenvalue weighted by Gasteiger charge is 2.09. The fourth-order valence-corrected chi connectivity index (χ4v) is 1.94. The van der Waals surface area contributed by atoms with Gasteiger partial charge in [-0.2, -0.15) is 0 Å². The van der Waals surface area contributed by atoms with Crippen LogP contribution >= 0.6 is 15.9 Å². The van der Waals surface area contributed by atoms with Gasteiger partial charge in [0.25, 0.3) is 5.91 Å². The zero-order valence-electron chi connectivity index (χ0n) is 10.1. The number of hydrogen-bond donors (Lipinski definition) is 2. The number of nitrogens with one attached hydrogen (secondary N) is 2. The van der Waals surface area contributed by atoms with Crippen molar-refractivity contribution in [1.29, 1.82) is 0 Å². The Morgan fingerprint density at radius 2 is 2.11 bits per heavy atom. The molecule has 0 aliphatic heterocycles. The number of carbonyl (C=O) groups excluding carboxylic acids is 1. The average molecular weight is 324 g/mol. The van der Waals surface area contributed by atoms with Crippen molar-refractivity contribution in [1.82, 2.24) is 4.98 Å². The van der Waals surface area contributed by atoms with E-state index in [1.807, 2.05) is 0 Å². The molecule has 1 heterocycles. The van der Waals surface area contributed by atoms with Gasteiger partial charge in [-0.1, -0.05) is 0 Å². The quantitative estimate of drug-likeness (QED) is 0.911. The smallest absolute Gasteiger partial charge is 0.255 e. The summed E-state index contributed by atoms with van der Waals surface area (Å²) in [5, 5.41) is 5.55. The van der Waals surface area contributed by atoms with Gasteiger partial charge in [-0.15, -0.1) is 0 Å². The van der Waals surface area contributed by atoms with E-state index in [-0.39, 0.29) is 11.7 Å². The Morgan fingerprint density at radius 3 is 2.79 bits per heavy atom. The third-order valence-electron chi connectivity index (χ3n) is 2.46. The van der Waals surface area contributed by atoms with Gasteiger partial charge in [0.05, 0.1) is 5.69 Å². The van der Waals surface area contributed by atoms with Gasteiger partial charge < -0.3 is 10.6 Å². The summed E-state index contributed by atoms with van der Waals surface area (Å²) in [6.07, 6.45) is 1.54. The van der Waals surface area contributed by atoms with Crippen molar-refractivity contribution in [2.45, 2.75) is 0 Å². The summed E-state index contributed by atoms with van der Waals surface area (Å²) < 4.78 is 13.4. The van der Waals surface area contributed by atoms with Crippen LogP contribution in [0.5, 0.6) is 0 Å². The first-order chi connectivity index (χ1) is 9.10. The Balaban J connectivity index is 2.20. The van der Waals surface area contributed by atoms with E-state index in [1.165, 1.54) is 18.2 Å². The molecule has 0 radical (unpaired) electrons. The van der Waals surface area contributed by atoms with E-state index >= 15 is 0 Å². The molecule has 2 N–H and O–H groups in total. The second kappa shape index (κ2) is 5.79. The topological polar surface area (TPSA) is 54.0 Å². The van der Waals surface area contributed by atoms with Crippen molar-refractivity contribution >= 4 is 33.3 Å². The summed E-state index contributed by atoms with van der Waals surface area (Å²) in [5.74, 6) is -0.0525. The number of carbonyl (C=O) groups is 1. The maximum Gasteiger partial charge on any atom is 0.255 e. The molecule has 6 heteroatoms. The van der Waals surface area contributed by atoms with Crippen LogP contribution in [-0.2, 0) is 0 Å². The first-order valence-corrected chi connectivity index (χ1v) is 6.29. The van der Waals surface area contributed by atoms with Crippen LogP contribution in [-0.4, -0.2) is 17.9 Å². The number of hydrogen-bond acceptors (Lipinski definition) is 3. The van der Waals surface area contributed by atoms with Crippen LogP contribution in [0, 0.1) is 5.82 Å². The summed E-state index contributed by atoms with van der Waals surface area (Å²) in [5.41, 5.74) is 0.977. The zero-order valence-corrected chi connectivity index (χ0v) is 11.7. The van der Waals surface area contributed by atoms with Crippen molar-refractivity contribution in [2.24, 2.45) is 0 Å². The fourth-order valence-electron chi connectivity index (χ4n) is 1.49. The molecule has 0 bridgehead atoms. The van der Waals surface area contributed by atoms with Crippen LogP contribution < -0.4 is 10.6 Å². The predicted octanol–water partition coefficient (Wildman–Crippen LogP) is 3.28. The van der Waals surface area contributed by atoms with Gasteiger partial charge in [-0.05, 0) is 46.3 Å². The van der Waals surface area contributed by atoms with E-state index < -0.39 is 0 Å². The lowest BCUT2D eigenvalue weighted by atomic mass is 10.2. The molecule has 0 fully saturated rings. The van der Waals surface area contributed by atoms with E-state index in [1.54, 1.807) is 25.4 Å². The average Bonchev–Trinajstić information content (AvgIpc) is 2.42. The predicted molar refractivity (Wildman–Crippen MR) is 75.8 cm³/mol. The van der Waals surface area contributed by atoms with Gasteiger partial charge >= 0.3 is 0 Å². The molecule has 0 aliphatic rings. The molecule has 1 amide bonds. The molecule has 0 atom stereocenters. The number of rotatable bonds is 3. The molecule has 0 saturated carbocycles. The highest BCUT2D eigenvalue weighted by molar-refractivity contribution is 9.10. The number of nitrogens with zero attached hydrogens (tertiary/aromatic N) is 1. The molecule has 1 aromatic carbocycles. The molecule has 19 heavy (non-hydrogen) atoms. The minimum absolute atomic E-state index is 0.286. The lowest BCUT2D eigenvalue weighted by Gasteiger charge is -2.08. The molecule has 2 rings (SSSR count). The van der Waals surface area contributed by atoms with E-state index in [9.17, 15) is 9.18 Å². The summed E-state index contributed by atoms with van der Waals surface area (Å²) in [6.45, 7) is 0. The first-order valence-electron chi connectivity index (χ1n) is 5.50. The molecule has 98 valence electrons. The molecule has 0 aliphatic carbocycles. The minimum atomic E-state index is -0.369. The first kappa shape index (κ1) is 13.5. The zero-order chi connectivity index (χ0) is 13.8. The lowest BCUT2D eigenvalue weighted by molar-refractivity contribution is 0.102. The summed E-state index contributed by atoms with van der Waals surface area (Å²) in [6, 6.07) is 7.31. The van der Waals surface area contributed by atoms with Crippen LogP contribution in [0.2, 0.25) is 0 Å². The van der Waals surface area contributed by atoms with Crippen molar-refractivity contribution in [2.75, 3.05) is 17.7 Å². The Hall–Kier alpha value is -1.95. The normalized spacial score (nSPS) is 10.1. The van der Waals surface area contributed by atoms with Crippen LogP contribution in [0.3, 0.4) is 0 Å². The van der Waals surface area contributed by atoms with E-state index in [0.29, 0.717) is 21.5 Å². The second-order valence-corrected chi connectivity index (χ2v) is 4.61. The minimum Gasteiger partial charge on any atom is -0.373 e. The third-order valence-corrected chi connectivity index (χ3v) is 3.11. The van der Waals surface area contributed by atoms with Gasteiger partial charge in [-0.3, -0.25) is 4.79 Å². The molecular formula is C13H11BrFN3O. The summed E-state index contributed by atoms with van der Waals surface area (Å²) in [4.78, 5) is 16.1. The van der Waals surface area contributed by atoms with Gasteiger partial charge in [0.2, 0.25) is 0 Å². The maximum absolute atomic E-state index is 12.9. The standard InChI is InChI=1S/C13H11BrFN3O/c1-16-12-6-8(4-5-17-12)13(19)18-11-3-2-9(15)7-10(11)14/h2-7H,1H3,(H,16,17)(H,18,19). The number of pyridine rings is 1. The number of benzene rings is 1. The lowest BCUT2D eigenvalue weighted by Crippen LogP contribution is -2.12. The van der Waals surface area contributed by atoms with E-state index in [2.05, 4.69) is 31.5 Å². The van der Waals surface area contributed by atoms with Crippen molar-refractivity contribution in [3.63, 3.8) is 0 Å². The fraction of sp³-hybridized carbons (Fsp3) is 0.0769. The number of anilines is 2. The van der Waals surface area contributed by atoms with Crippen LogP contribution in [0.1, 0.15) is 10.4 Å². The van der Waals surface area contributed by atoms with E-state index in [0.717, 1.165) is 0 Å². The molecular weight excluding hydrogens is 313 g/mol. The molecule has 1 aromatic heterocycles. The Labute approximate surface area is 118 Å². The highest BCUT2D eigenvalue weighted by Crippen LogP contribution is 2.23. The Morgan fingerprint density at radius 1 is 1.32 bits per heavy atom. The highest BCUT2D eigenvalue weighted by atomic mass is 79.9. The molecule has 0 spiro atoms. The van der Waals surface area contributed by atoms with Crippen LogP contribution in [0.4, 0.5) is 15.9 Å². The molecule has 4 nitrogen and oxygen atoms in total. The van der Waals surface area contributed by atoms with Gasteiger partial charge in [0, 0.05) is 23.3 Å². The summed E-state index contributed by atoms with van der Waals surface area (Å²) >= 11 is 3.20.